The van der Waals surface area contributed by atoms with E-state index in [1.807, 2.05) is 23.6 Å². The molecule has 0 aromatic rings. The summed E-state index contributed by atoms with van der Waals surface area (Å²) in [6.45, 7) is 6.34. The fourth-order valence-electron chi connectivity index (χ4n) is 3.21. The third-order valence-corrected chi connectivity index (χ3v) is 4.54. The maximum atomic E-state index is 12.6. The highest BCUT2D eigenvalue weighted by atomic mass is 16.2. The van der Waals surface area contributed by atoms with Gasteiger partial charge in [0.05, 0.1) is 5.54 Å². The van der Waals surface area contributed by atoms with Crippen molar-refractivity contribution in [3.63, 3.8) is 0 Å². The zero-order valence-electron chi connectivity index (χ0n) is 12.7. The monoisotopic (exact) mass is 281 g/mol. The van der Waals surface area contributed by atoms with Crippen molar-refractivity contribution < 1.29 is 9.59 Å². The summed E-state index contributed by atoms with van der Waals surface area (Å²) in [6, 6.07) is 0. The first-order valence-electron chi connectivity index (χ1n) is 7.81. The predicted molar refractivity (Wildman–Crippen MR) is 78.0 cm³/mol. The average molecular weight is 281 g/mol. The van der Waals surface area contributed by atoms with E-state index in [1.54, 1.807) is 0 Å². The molecule has 5 heteroatoms. The van der Waals surface area contributed by atoms with Crippen molar-refractivity contribution in [3.8, 4) is 0 Å². The Morgan fingerprint density at radius 2 is 1.45 bits per heavy atom. The maximum absolute atomic E-state index is 12.6. The van der Waals surface area contributed by atoms with E-state index in [1.165, 1.54) is 6.42 Å². The Labute approximate surface area is 121 Å². The number of piperazine rings is 1. The molecule has 2 N–H and O–H groups in total. The number of hydrogen-bond donors (Lipinski definition) is 1. The number of amides is 2. The van der Waals surface area contributed by atoms with Gasteiger partial charge in [-0.05, 0) is 12.8 Å². The van der Waals surface area contributed by atoms with Crippen LogP contribution in [0.15, 0.2) is 0 Å². The molecule has 1 saturated heterocycles. The number of hydrogen-bond acceptors (Lipinski definition) is 3. The summed E-state index contributed by atoms with van der Waals surface area (Å²) in [6.07, 6.45) is 4.89. The van der Waals surface area contributed by atoms with E-state index in [2.05, 4.69) is 0 Å². The van der Waals surface area contributed by atoms with Crippen molar-refractivity contribution in [2.45, 2.75) is 51.5 Å². The van der Waals surface area contributed by atoms with Gasteiger partial charge in [0, 0.05) is 32.1 Å². The topological polar surface area (TPSA) is 66.6 Å². The van der Waals surface area contributed by atoms with Crippen LogP contribution >= 0.6 is 0 Å². The summed E-state index contributed by atoms with van der Waals surface area (Å²) < 4.78 is 0. The van der Waals surface area contributed by atoms with Crippen LogP contribution in [0.25, 0.3) is 0 Å². The minimum absolute atomic E-state index is 0.0245. The van der Waals surface area contributed by atoms with Crippen molar-refractivity contribution in [1.29, 1.82) is 0 Å². The smallest absolute Gasteiger partial charge is 0.242 e. The van der Waals surface area contributed by atoms with E-state index in [-0.39, 0.29) is 17.7 Å². The fourth-order valence-corrected chi connectivity index (χ4v) is 3.21. The molecule has 1 heterocycles. The van der Waals surface area contributed by atoms with Crippen LogP contribution < -0.4 is 5.73 Å². The molecule has 0 bridgehead atoms. The Morgan fingerprint density at radius 1 is 0.950 bits per heavy atom. The van der Waals surface area contributed by atoms with E-state index in [4.69, 9.17) is 5.73 Å². The summed E-state index contributed by atoms with van der Waals surface area (Å²) in [7, 11) is 0. The van der Waals surface area contributed by atoms with Crippen LogP contribution in [0, 0.1) is 5.92 Å². The largest absolute Gasteiger partial charge is 0.339 e. The summed E-state index contributed by atoms with van der Waals surface area (Å²) in [5.41, 5.74) is 5.65. The minimum atomic E-state index is -0.650. The first-order chi connectivity index (χ1) is 9.44. The molecule has 2 rings (SSSR count). The van der Waals surface area contributed by atoms with E-state index in [0.717, 1.165) is 25.7 Å². The normalized spacial score (nSPS) is 23.0. The lowest BCUT2D eigenvalue weighted by atomic mass is 9.81. The van der Waals surface area contributed by atoms with Gasteiger partial charge in [0.2, 0.25) is 11.8 Å². The third-order valence-electron chi connectivity index (χ3n) is 4.54. The highest BCUT2D eigenvalue weighted by Crippen LogP contribution is 2.28. The van der Waals surface area contributed by atoms with Crippen LogP contribution in [0.5, 0.6) is 0 Å². The van der Waals surface area contributed by atoms with Crippen molar-refractivity contribution >= 4 is 11.8 Å². The standard InChI is InChI=1S/C15H27N3O2/c1-12(2)13(19)17-8-10-18(11-9-17)14(20)15(16)6-4-3-5-7-15/h12H,3-11,16H2,1-2H3. The summed E-state index contributed by atoms with van der Waals surface area (Å²) in [5, 5.41) is 0. The van der Waals surface area contributed by atoms with Gasteiger partial charge in [-0.3, -0.25) is 9.59 Å². The molecule has 1 aliphatic carbocycles. The number of nitrogens with zero attached hydrogens (tertiary/aromatic N) is 2. The Balaban J connectivity index is 1.90. The second kappa shape index (κ2) is 6.12. The SMILES string of the molecule is CC(C)C(=O)N1CCN(C(=O)C2(N)CCCCC2)CC1. The third kappa shape index (κ3) is 3.14. The Morgan fingerprint density at radius 3 is 1.95 bits per heavy atom. The van der Waals surface area contributed by atoms with Crippen LogP contribution in [0.1, 0.15) is 46.0 Å². The molecule has 2 amide bonds. The molecular weight excluding hydrogens is 254 g/mol. The molecule has 0 spiro atoms. The first kappa shape index (κ1) is 15.3. The maximum Gasteiger partial charge on any atom is 0.242 e. The zero-order valence-corrected chi connectivity index (χ0v) is 12.7. The highest BCUT2D eigenvalue weighted by molar-refractivity contribution is 5.86. The molecule has 0 aromatic heterocycles. The van der Waals surface area contributed by atoms with Gasteiger partial charge in [0.15, 0.2) is 0 Å². The predicted octanol–water partition coefficient (Wildman–Crippen LogP) is 0.975. The molecule has 0 unspecified atom stereocenters. The van der Waals surface area contributed by atoms with Gasteiger partial charge in [-0.2, -0.15) is 0 Å². The lowest BCUT2D eigenvalue weighted by molar-refractivity contribution is -0.145. The Hall–Kier alpha value is -1.10. The molecule has 0 radical (unpaired) electrons. The molecular formula is C15H27N3O2. The summed E-state index contributed by atoms with van der Waals surface area (Å²) in [5.74, 6) is 0.294. The first-order valence-corrected chi connectivity index (χ1v) is 7.81. The van der Waals surface area contributed by atoms with Crippen LogP contribution in [0.2, 0.25) is 0 Å². The van der Waals surface area contributed by atoms with Gasteiger partial charge in [0.25, 0.3) is 0 Å². The zero-order chi connectivity index (χ0) is 14.8. The number of carbonyl (C=O) groups excluding carboxylic acids is 2. The van der Waals surface area contributed by atoms with Crippen LogP contribution in [-0.2, 0) is 9.59 Å². The van der Waals surface area contributed by atoms with E-state index in [0.29, 0.717) is 26.2 Å². The Bertz CT molecular complexity index is 367. The number of rotatable bonds is 2. The van der Waals surface area contributed by atoms with Crippen molar-refractivity contribution in [1.82, 2.24) is 9.80 Å². The van der Waals surface area contributed by atoms with Crippen molar-refractivity contribution in [2.75, 3.05) is 26.2 Å². The van der Waals surface area contributed by atoms with Gasteiger partial charge >= 0.3 is 0 Å². The molecule has 0 aromatic carbocycles. The van der Waals surface area contributed by atoms with Gasteiger partial charge in [-0.25, -0.2) is 0 Å². The van der Waals surface area contributed by atoms with Crippen molar-refractivity contribution in [3.05, 3.63) is 0 Å². The number of nitrogens with two attached hydrogens (primary N) is 1. The van der Waals surface area contributed by atoms with Crippen LogP contribution in [0.3, 0.4) is 0 Å². The number of carbonyl (C=O) groups is 2. The van der Waals surface area contributed by atoms with E-state index in [9.17, 15) is 9.59 Å². The van der Waals surface area contributed by atoms with Crippen molar-refractivity contribution in [2.24, 2.45) is 11.7 Å². The van der Waals surface area contributed by atoms with E-state index < -0.39 is 5.54 Å². The molecule has 20 heavy (non-hydrogen) atoms. The molecule has 2 fully saturated rings. The summed E-state index contributed by atoms with van der Waals surface area (Å²) >= 11 is 0. The van der Waals surface area contributed by atoms with Gasteiger partial charge in [-0.1, -0.05) is 33.1 Å². The molecule has 1 saturated carbocycles. The van der Waals surface area contributed by atoms with Crippen LogP contribution in [0.4, 0.5) is 0 Å². The highest BCUT2D eigenvalue weighted by Gasteiger charge is 2.39. The van der Waals surface area contributed by atoms with E-state index >= 15 is 0 Å². The molecule has 114 valence electrons. The van der Waals surface area contributed by atoms with Gasteiger partial charge in [-0.15, -0.1) is 0 Å². The molecule has 5 nitrogen and oxygen atoms in total. The second-order valence-electron chi connectivity index (χ2n) is 6.49. The summed E-state index contributed by atoms with van der Waals surface area (Å²) in [4.78, 5) is 28.2. The molecule has 1 aliphatic heterocycles. The minimum Gasteiger partial charge on any atom is -0.339 e. The fraction of sp³-hybridized carbons (Fsp3) is 0.867. The molecule has 0 atom stereocenters. The van der Waals surface area contributed by atoms with Gasteiger partial charge in [0.1, 0.15) is 0 Å². The lowest BCUT2D eigenvalue weighted by Gasteiger charge is -2.41. The second-order valence-corrected chi connectivity index (χ2v) is 6.49. The molecule has 2 aliphatic rings. The van der Waals surface area contributed by atoms with Crippen LogP contribution in [-0.4, -0.2) is 53.3 Å². The van der Waals surface area contributed by atoms with Gasteiger partial charge < -0.3 is 15.5 Å². The quantitative estimate of drug-likeness (QED) is 0.820. The Kier molecular flexibility index (Phi) is 4.68. The average Bonchev–Trinajstić information content (AvgIpc) is 2.46. The lowest BCUT2D eigenvalue weighted by Crippen LogP contribution is -2.60.